The molecule has 58 heavy (non-hydrogen) atoms. The first-order valence-electron chi connectivity index (χ1n) is 19.4. The van der Waals surface area contributed by atoms with Crippen molar-refractivity contribution in [2.75, 3.05) is 0 Å². The Labute approximate surface area is 336 Å². The summed E-state index contributed by atoms with van der Waals surface area (Å²) >= 11 is 0. The van der Waals surface area contributed by atoms with Crippen LogP contribution < -0.4 is 4.74 Å². The van der Waals surface area contributed by atoms with Gasteiger partial charge in [0.1, 0.15) is 11.5 Å². The maximum Gasteiger partial charge on any atom is 0.167 e. The molecule has 0 saturated heterocycles. The maximum atomic E-state index is 7.34. The van der Waals surface area contributed by atoms with E-state index in [4.69, 9.17) is 31.3 Å². The normalized spacial score (nSPS) is 13.5. The molecule has 0 radical (unpaired) electrons. The fourth-order valence-corrected chi connectivity index (χ4v) is 9.10. The minimum atomic E-state index is -0.803. The molecule has 1 aliphatic carbocycles. The molecule has 272 valence electrons. The SMILES string of the molecule is C=CC1=C(C(=C)c2nc(-c3ccccc3)nc(-c3cccc4ccccc34)n2)Oc2c(-c3cccc4cccnc34)cccc2C12c1ccccc1-c1ccccc12. The van der Waals surface area contributed by atoms with Crippen molar-refractivity contribution in [2.45, 2.75) is 5.41 Å². The second kappa shape index (κ2) is 13.2. The van der Waals surface area contributed by atoms with Crippen LogP contribution in [-0.4, -0.2) is 19.9 Å². The number of benzene rings is 7. The van der Waals surface area contributed by atoms with Crippen molar-refractivity contribution in [3.05, 3.63) is 229 Å². The fraction of sp³-hybridized carbons (Fsp3) is 0.0189. The van der Waals surface area contributed by atoms with Gasteiger partial charge in [-0.25, -0.2) is 15.0 Å². The van der Waals surface area contributed by atoms with Crippen molar-refractivity contribution in [3.8, 4) is 50.8 Å². The maximum absolute atomic E-state index is 7.34. The number of hydrogen-bond donors (Lipinski definition) is 0. The van der Waals surface area contributed by atoms with Crippen LogP contribution in [0.15, 0.2) is 207 Å². The predicted molar refractivity (Wildman–Crippen MR) is 234 cm³/mol. The molecule has 0 fully saturated rings. The van der Waals surface area contributed by atoms with Gasteiger partial charge in [-0.2, -0.15) is 0 Å². The van der Waals surface area contributed by atoms with Crippen molar-refractivity contribution in [1.29, 1.82) is 0 Å². The quantitative estimate of drug-likeness (QED) is 0.170. The summed E-state index contributed by atoms with van der Waals surface area (Å²) in [6, 6.07) is 58.6. The largest absolute Gasteiger partial charge is 0.455 e. The molecule has 5 nitrogen and oxygen atoms in total. The minimum absolute atomic E-state index is 0.411. The Balaban J connectivity index is 1.21. The molecule has 1 aliphatic heterocycles. The Kier molecular flexibility index (Phi) is 7.63. The Morgan fingerprint density at radius 2 is 1.10 bits per heavy atom. The topological polar surface area (TPSA) is 60.8 Å². The standard InChI is InChI=1S/C53H34N4O/c1-3-43-48(33(2)50-55-51(36-18-5-4-6-19-36)57-52(56-50)42-28-13-20-34-17-7-8-23-37(34)42)58-49-41(40-26-14-21-35-22-16-32-54-47(35)40)27-15-31-46(49)53(43)44-29-11-9-24-38(44)39-25-10-12-30-45(39)53/h3-32H,1-2H2. The van der Waals surface area contributed by atoms with Crippen LogP contribution in [0.25, 0.3) is 72.3 Å². The number of fused-ring (bicyclic) bond motifs is 9. The molecule has 0 saturated carbocycles. The molecule has 11 rings (SSSR count). The van der Waals surface area contributed by atoms with Crippen LogP contribution in [0, 0.1) is 0 Å². The van der Waals surface area contributed by atoms with Crippen molar-refractivity contribution in [1.82, 2.24) is 19.9 Å². The second-order valence-electron chi connectivity index (χ2n) is 14.6. The zero-order chi connectivity index (χ0) is 38.8. The summed E-state index contributed by atoms with van der Waals surface area (Å²) in [7, 11) is 0. The van der Waals surface area contributed by atoms with Gasteiger partial charge < -0.3 is 4.74 Å². The van der Waals surface area contributed by atoms with E-state index in [0.717, 1.165) is 83.1 Å². The van der Waals surface area contributed by atoms with Gasteiger partial charge in [0, 0.05) is 45.0 Å². The summed E-state index contributed by atoms with van der Waals surface area (Å²) < 4.78 is 7.34. The van der Waals surface area contributed by atoms with E-state index in [9.17, 15) is 0 Å². The van der Waals surface area contributed by atoms with Crippen LogP contribution in [0.2, 0.25) is 0 Å². The summed E-state index contributed by atoms with van der Waals surface area (Å²) in [6.45, 7) is 9.27. The molecule has 9 aromatic rings. The van der Waals surface area contributed by atoms with Crippen LogP contribution in [0.4, 0.5) is 0 Å². The van der Waals surface area contributed by atoms with Gasteiger partial charge in [0.05, 0.1) is 16.5 Å². The number of nitrogens with zero attached hydrogens (tertiary/aromatic N) is 4. The molecular formula is C53H34N4O. The third kappa shape index (κ3) is 4.90. The molecular weight excluding hydrogens is 709 g/mol. The minimum Gasteiger partial charge on any atom is -0.455 e. The monoisotopic (exact) mass is 742 g/mol. The lowest BCUT2D eigenvalue weighted by Gasteiger charge is -2.41. The molecule has 3 heterocycles. The molecule has 5 heteroatoms. The van der Waals surface area contributed by atoms with E-state index in [2.05, 4.69) is 122 Å². The Bertz CT molecular complexity index is 3140. The van der Waals surface area contributed by atoms with Crippen LogP contribution in [0.1, 0.15) is 22.5 Å². The number of ether oxygens (including phenoxy) is 1. The van der Waals surface area contributed by atoms with Crippen molar-refractivity contribution in [3.63, 3.8) is 0 Å². The lowest BCUT2D eigenvalue weighted by molar-refractivity contribution is 0.409. The van der Waals surface area contributed by atoms with Crippen molar-refractivity contribution >= 4 is 27.2 Å². The van der Waals surface area contributed by atoms with E-state index in [1.807, 2.05) is 66.9 Å². The number of aromatic nitrogens is 4. The molecule has 0 N–H and O–H groups in total. The molecule has 2 aromatic heterocycles. The number of hydrogen-bond acceptors (Lipinski definition) is 5. The van der Waals surface area contributed by atoms with Gasteiger partial charge in [0.25, 0.3) is 0 Å². The highest BCUT2D eigenvalue weighted by atomic mass is 16.5. The highest BCUT2D eigenvalue weighted by Crippen LogP contribution is 2.62. The molecule has 0 unspecified atom stereocenters. The van der Waals surface area contributed by atoms with Crippen LogP contribution in [0.5, 0.6) is 5.75 Å². The van der Waals surface area contributed by atoms with Crippen LogP contribution in [0.3, 0.4) is 0 Å². The molecule has 0 amide bonds. The third-order valence-corrected chi connectivity index (χ3v) is 11.6. The van der Waals surface area contributed by atoms with E-state index in [1.165, 1.54) is 0 Å². The Morgan fingerprint density at radius 3 is 1.90 bits per heavy atom. The molecule has 0 atom stereocenters. The van der Waals surface area contributed by atoms with E-state index in [0.29, 0.717) is 28.8 Å². The average Bonchev–Trinajstić information content (AvgIpc) is 3.58. The van der Waals surface area contributed by atoms with Gasteiger partial charge in [0.15, 0.2) is 17.5 Å². The Hall–Kier alpha value is -7.76. The zero-order valence-electron chi connectivity index (χ0n) is 31.4. The first-order valence-corrected chi connectivity index (χ1v) is 19.4. The lowest BCUT2D eigenvalue weighted by Crippen LogP contribution is -2.34. The average molecular weight is 743 g/mol. The number of allylic oxidation sites excluding steroid dienone is 3. The molecule has 0 bridgehead atoms. The predicted octanol–water partition coefficient (Wildman–Crippen LogP) is 12.4. The molecule has 2 aliphatic rings. The van der Waals surface area contributed by atoms with Crippen molar-refractivity contribution < 1.29 is 4.74 Å². The van der Waals surface area contributed by atoms with Gasteiger partial charge in [0.2, 0.25) is 0 Å². The van der Waals surface area contributed by atoms with Crippen molar-refractivity contribution in [2.24, 2.45) is 0 Å². The number of pyridine rings is 1. The number of rotatable bonds is 6. The first kappa shape index (κ1) is 33.6. The molecule has 7 aromatic carbocycles. The fourth-order valence-electron chi connectivity index (χ4n) is 9.10. The number of para-hydroxylation sites is 2. The van der Waals surface area contributed by atoms with Gasteiger partial charge in [-0.3, -0.25) is 4.98 Å². The summed E-state index contributed by atoms with van der Waals surface area (Å²) in [5.74, 6) is 2.77. The smallest absolute Gasteiger partial charge is 0.167 e. The van der Waals surface area contributed by atoms with Gasteiger partial charge in [-0.1, -0.05) is 183 Å². The van der Waals surface area contributed by atoms with Crippen LogP contribution in [-0.2, 0) is 5.41 Å². The first-order chi connectivity index (χ1) is 28.6. The summed E-state index contributed by atoms with van der Waals surface area (Å²) in [5.41, 5.74) is 10.8. The van der Waals surface area contributed by atoms with Gasteiger partial charge in [-0.15, -0.1) is 0 Å². The van der Waals surface area contributed by atoms with E-state index < -0.39 is 5.41 Å². The summed E-state index contributed by atoms with van der Waals surface area (Å²) in [6.07, 6.45) is 3.77. The van der Waals surface area contributed by atoms with E-state index >= 15 is 0 Å². The van der Waals surface area contributed by atoms with Crippen LogP contribution >= 0.6 is 0 Å². The van der Waals surface area contributed by atoms with Gasteiger partial charge in [-0.05, 0) is 39.1 Å². The van der Waals surface area contributed by atoms with E-state index in [1.54, 1.807) is 0 Å². The Morgan fingerprint density at radius 1 is 0.517 bits per heavy atom. The van der Waals surface area contributed by atoms with E-state index in [-0.39, 0.29) is 0 Å². The zero-order valence-corrected chi connectivity index (χ0v) is 31.4. The summed E-state index contributed by atoms with van der Waals surface area (Å²) in [4.78, 5) is 20.3. The lowest BCUT2D eigenvalue weighted by atomic mass is 9.64. The highest BCUT2D eigenvalue weighted by molar-refractivity contribution is 5.99. The third-order valence-electron chi connectivity index (χ3n) is 11.6. The molecule has 1 spiro atoms. The second-order valence-corrected chi connectivity index (χ2v) is 14.6. The highest BCUT2D eigenvalue weighted by Gasteiger charge is 2.52. The summed E-state index contributed by atoms with van der Waals surface area (Å²) in [5, 5.41) is 3.19. The van der Waals surface area contributed by atoms with Gasteiger partial charge >= 0.3 is 0 Å².